The topological polar surface area (TPSA) is 194 Å². The van der Waals surface area contributed by atoms with E-state index < -0.39 is 49.3 Å². The molecular formula is C38H28ClF2N5O8S2. The zero-order chi connectivity index (χ0) is 40.4. The zero-order valence-corrected chi connectivity index (χ0v) is 31.0. The fraction of sp³-hybridized carbons (Fsp3) is 0.0526. The van der Waals surface area contributed by atoms with Gasteiger partial charge in [-0.1, -0.05) is 71.5 Å². The Morgan fingerprint density at radius 1 is 0.554 bits per heavy atom. The van der Waals surface area contributed by atoms with Crippen molar-refractivity contribution in [2.75, 3.05) is 10.6 Å². The summed E-state index contributed by atoms with van der Waals surface area (Å²) in [6.45, 7) is 0.426. The van der Waals surface area contributed by atoms with Gasteiger partial charge >= 0.3 is 0 Å². The fourth-order valence-electron chi connectivity index (χ4n) is 4.92. The van der Waals surface area contributed by atoms with Crippen LogP contribution < -0.4 is 10.6 Å². The first-order chi connectivity index (χ1) is 26.8. The van der Waals surface area contributed by atoms with Gasteiger partial charge < -0.3 is 20.8 Å². The van der Waals surface area contributed by atoms with Gasteiger partial charge in [0, 0.05) is 62.0 Å². The summed E-state index contributed by atoms with van der Waals surface area (Å²) in [4.78, 5) is 34.2. The molecule has 0 radical (unpaired) electrons. The lowest BCUT2D eigenvalue weighted by Crippen LogP contribution is -2.03. The second-order valence-electron chi connectivity index (χ2n) is 11.5. The molecule has 0 aliphatic rings. The van der Waals surface area contributed by atoms with Crippen LogP contribution in [0.4, 0.5) is 37.2 Å². The lowest BCUT2D eigenvalue weighted by atomic mass is 10.2. The lowest BCUT2D eigenvalue weighted by molar-refractivity contribution is -0.385. The molecule has 0 aliphatic carbocycles. The monoisotopic (exact) mass is 819 g/mol. The van der Waals surface area contributed by atoms with Crippen LogP contribution in [0.25, 0.3) is 0 Å². The van der Waals surface area contributed by atoms with Crippen molar-refractivity contribution in [3.63, 3.8) is 0 Å². The molecule has 18 heteroatoms. The van der Waals surface area contributed by atoms with Crippen LogP contribution in [-0.2, 0) is 13.1 Å². The van der Waals surface area contributed by atoms with Crippen LogP contribution in [0.5, 0.6) is 11.5 Å². The van der Waals surface area contributed by atoms with E-state index >= 15 is 0 Å². The Hall–Kier alpha value is -6.43. The number of benzene rings is 6. The molecule has 0 spiro atoms. The van der Waals surface area contributed by atoms with E-state index in [1.807, 2.05) is 54.6 Å². The molecule has 0 fully saturated rings. The van der Waals surface area contributed by atoms with Crippen molar-refractivity contribution in [1.29, 1.82) is 0 Å². The number of non-ortho nitro benzene ring substituents is 3. The van der Waals surface area contributed by atoms with E-state index in [1.54, 1.807) is 30.3 Å². The molecule has 0 atom stereocenters. The van der Waals surface area contributed by atoms with Crippen molar-refractivity contribution in [2.45, 2.75) is 32.7 Å². The maximum atomic E-state index is 13.7. The number of halogens is 3. The molecule has 0 unspecified atom stereocenters. The van der Waals surface area contributed by atoms with Gasteiger partial charge in [-0.15, -0.1) is 0 Å². The molecule has 6 aromatic rings. The molecule has 0 saturated carbocycles. The lowest BCUT2D eigenvalue weighted by Gasteiger charge is -2.12. The van der Waals surface area contributed by atoms with E-state index in [0.29, 0.717) is 17.2 Å². The van der Waals surface area contributed by atoms with Gasteiger partial charge in [-0.05, 0) is 59.7 Å². The number of rotatable bonds is 13. The minimum absolute atomic E-state index is 0.00697. The second kappa shape index (κ2) is 18.7. The van der Waals surface area contributed by atoms with E-state index in [0.717, 1.165) is 42.8 Å². The highest BCUT2D eigenvalue weighted by Gasteiger charge is 2.18. The molecule has 13 nitrogen and oxygen atoms in total. The van der Waals surface area contributed by atoms with Crippen LogP contribution in [0.1, 0.15) is 11.1 Å². The third-order valence-corrected chi connectivity index (χ3v) is 10.2. The van der Waals surface area contributed by atoms with Crippen molar-refractivity contribution >= 4 is 63.6 Å². The largest absolute Gasteiger partial charge is 0.503 e. The number of phenols is 2. The van der Waals surface area contributed by atoms with Crippen molar-refractivity contribution in [1.82, 2.24) is 0 Å². The molecule has 6 aromatic carbocycles. The Morgan fingerprint density at radius 2 is 0.929 bits per heavy atom. The minimum Gasteiger partial charge on any atom is -0.503 e. The van der Waals surface area contributed by atoms with Gasteiger partial charge in [0.05, 0.1) is 38.3 Å². The van der Waals surface area contributed by atoms with E-state index in [-0.39, 0.29) is 30.2 Å². The Labute approximate surface area is 330 Å². The number of anilines is 2. The molecule has 0 aromatic heterocycles. The summed E-state index contributed by atoms with van der Waals surface area (Å²) in [5.74, 6) is -3.48. The highest BCUT2D eigenvalue weighted by molar-refractivity contribution is 7.99. The molecule has 56 heavy (non-hydrogen) atoms. The maximum Gasteiger partial charge on any atom is 0.274 e. The van der Waals surface area contributed by atoms with Gasteiger partial charge in [0.25, 0.3) is 17.1 Å². The summed E-state index contributed by atoms with van der Waals surface area (Å²) in [5, 5.41) is 58.6. The molecule has 4 N–H and O–H groups in total. The van der Waals surface area contributed by atoms with Crippen molar-refractivity contribution in [3.05, 3.63) is 179 Å². The summed E-state index contributed by atoms with van der Waals surface area (Å²) >= 11 is 8.81. The Kier molecular flexibility index (Phi) is 13.6. The van der Waals surface area contributed by atoms with Gasteiger partial charge in [-0.25, -0.2) is 8.78 Å². The average molecular weight is 820 g/mol. The van der Waals surface area contributed by atoms with Crippen molar-refractivity contribution < 1.29 is 33.8 Å². The van der Waals surface area contributed by atoms with Crippen LogP contribution in [-0.4, -0.2) is 25.0 Å². The normalized spacial score (nSPS) is 10.6. The van der Waals surface area contributed by atoms with Crippen LogP contribution >= 0.6 is 35.1 Å². The molecule has 0 aliphatic heterocycles. The van der Waals surface area contributed by atoms with Gasteiger partial charge in [0.1, 0.15) is 0 Å². The average Bonchev–Trinajstić information content (AvgIpc) is 3.18. The maximum absolute atomic E-state index is 13.7. The first-order valence-electron chi connectivity index (χ1n) is 16.1. The number of nitrogens with one attached hydrogen (secondary N) is 2. The van der Waals surface area contributed by atoms with E-state index in [1.165, 1.54) is 35.7 Å². The first kappa shape index (κ1) is 40.7. The number of hydrogen-bond donors (Lipinski definition) is 4. The summed E-state index contributed by atoms with van der Waals surface area (Å²) in [6, 6.07) is 31.8. The second-order valence-corrected chi connectivity index (χ2v) is 14.2. The van der Waals surface area contributed by atoms with Crippen LogP contribution in [0.3, 0.4) is 0 Å². The fourth-order valence-corrected chi connectivity index (χ4v) is 6.94. The molecule has 0 saturated heterocycles. The van der Waals surface area contributed by atoms with E-state index in [4.69, 9.17) is 11.6 Å². The predicted molar refractivity (Wildman–Crippen MR) is 210 cm³/mol. The number of phenolic OH excluding ortho intramolecular Hbond substituents is 2. The summed E-state index contributed by atoms with van der Waals surface area (Å²) in [7, 11) is 0. The molecule has 0 amide bonds. The zero-order valence-electron chi connectivity index (χ0n) is 28.6. The van der Waals surface area contributed by atoms with Gasteiger partial charge in [-0.3, -0.25) is 30.3 Å². The Morgan fingerprint density at radius 3 is 1.32 bits per heavy atom. The van der Waals surface area contributed by atoms with Crippen molar-refractivity contribution in [2.24, 2.45) is 0 Å². The summed E-state index contributed by atoms with van der Waals surface area (Å²) < 4.78 is 27.5. The SMILES string of the molecule is O=[N+]([O-])c1cc(F)c(O)c(NCc2ccccc2Sc2ccc(Cl)cc2)c1.O=[N+]([O-])c1ccc(Sc2ccccc2CNc2cc([N+](=O)[O-])cc(F)c2O)cc1. The molecular weight excluding hydrogens is 792 g/mol. The van der Waals surface area contributed by atoms with Crippen LogP contribution in [0, 0.1) is 42.0 Å². The van der Waals surface area contributed by atoms with E-state index in [2.05, 4.69) is 10.6 Å². The Bertz CT molecular complexity index is 2390. The third-order valence-electron chi connectivity index (χ3n) is 7.72. The first-order valence-corrected chi connectivity index (χ1v) is 18.1. The molecule has 6 rings (SSSR count). The van der Waals surface area contributed by atoms with Crippen molar-refractivity contribution in [3.8, 4) is 11.5 Å². The number of nitrogens with zero attached hydrogens (tertiary/aromatic N) is 3. The van der Waals surface area contributed by atoms with Gasteiger partial charge in [-0.2, -0.15) is 0 Å². The number of nitro groups is 3. The third kappa shape index (κ3) is 10.8. The predicted octanol–water partition coefficient (Wildman–Crippen LogP) is 11.0. The van der Waals surface area contributed by atoms with Gasteiger partial charge in [0.15, 0.2) is 23.1 Å². The smallest absolute Gasteiger partial charge is 0.274 e. The van der Waals surface area contributed by atoms with Crippen LogP contribution in [0.15, 0.2) is 141 Å². The number of nitro benzene ring substituents is 3. The molecule has 0 heterocycles. The van der Waals surface area contributed by atoms with Crippen LogP contribution in [0.2, 0.25) is 5.02 Å². The van der Waals surface area contributed by atoms with E-state index in [9.17, 15) is 49.3 Å². The summed E-state index contributed by atoms with van der Waals surface area (Å²) in [5.41, 5.74) is 0.645. The highest BCUT2D eigenvalue weighted by atomic mass is 35.5. The molecule has 286 valence electrons. The quantitative estimate of drug-likeness (QED) is 0.0490. The standard InChI is InChI=1S/C19H14ClFN2O3S.C19H14FN3O5S/c20-13-5-7-15(8-6-13)27-18-4-2-1-3-12(18)11-22-17-10-14(23(25)26)9-16(21)19(17)24;20-16-9-14(23(27)28)10-17(19(16)24)21-11-12-3-1-2-4-18(12)29-15-7-5-13(6-8-15)22(25)26/h1-10,22,24H,11H2;1-10,21,24H,11H2. The number of aromatic hydroxyl groups is 2. The Balaban J connectivity index is 0.000000215. The summed E-state index contributed by atoms with van der Waals surface area (Å²) in [6.07, 6.45) is 0. The highest BCUT2D eigenvalue weighted by Crippen LogP contribution is 2.36. The van der Waals surface area contributed by atoms with Gasteiger partial charge in [0.2, 0.25) is 0 Å². The molecule has 0 bridgehead atoms. The number of hydrogen-bond acceptors (Lipinski definition) is 12. The minimum atomic E-state index is -1.09.